The van der Waals surface area contributed by atoms with Crippen molar-refractivity contribution >= 4 is 29.9 Å². The van der Waals surface area contributed by atoms with Crippen LogP contribution < -0.4 is 11.1 Å². The molecule has 0 bridgehead atoms. The largest absolute Gasteiger partial charge is 0.381 e. The van der Waals surface area contributed by atoms with E-state index in [0.717, 1.165) is 24.3 Å². The first-order valence-electron chi connectivity index (χ1n) is 7.94. The highest BCUT2D eigenvalue weighted by atomic mass is 35.5. The zero-order valence-corrected chi connectivity index (χ0v) is 15.1. The van der Waals surface area contributed by atoms with Crippen molar-refractivity contribution in [2.45, 2.75) is 44.1 Å². The van der Waals surface area contributed by atoms with Crippen LogP contribution in [0.5, 0.6) is 0 Å². The van der Waals surface area contributed by atoms with Gasteiger partial charge in [-0.25, -0.2) is 0 Å². The van der Waals surface area contributed by atoms with E-state index in [0.29, 0.717) is 26.2 Å². The molecule has 1 aliphatic rings. The minimum atomic E-state index is -0.424. The lowest BCUT2D eigenvalue weighted by atomic mass is 9.74. The first-order valence-corrected chi connectivity index (χ1v) is 8.32. The highest BCUT2D eigenvalue weighted by Crippen LogP contribution is 2.34. The van der Waals surface area contributed by atoms with Gasteiger partial charge in [-0.3, -0.25) is 4.79 Å². The number of hydrogen-bond acceptors (Lipinski definition) is 3. The summed E-state index contributed by atoms with van der Waals surface area (Å²) in [4.78, 5) is 12.1. The molecule has 1 aliphatic heterocycles. The van der Waals surface area contributed by atoms with E-state index < -0.39 is 6.04 Å². The Bertz CT molecular complexity index is 488. The molecule has 2 rings (SSSR count). The molecular weight excluding hydrogens is 335 g/mol. The Morgan fingerprint density at radius 2 is 1.96 bits per heavy atom. The molecule has 0 aliphatic carbocycles. The minimum Gasteiger partial charge on any atom is -0.381 e. The van der Waals surface area contributed by atoms with Gasteiger partial charge in [0.2, 0.25) is 5.91 Å². The van der Waals surface area contributed by atoms with Crippen LogP contribution in [-0.4, -0.2) is 31.7 Å². The van der Waals surface area contributed by atoms with Gasteiger partial charge in [0.05, 0.1) is 6.04 Å². The third kappa shape index (κ3) is 5.35. The lowest BCUT2D eigenvalue weighted by molar-refractivity contribution is -0.123. The van der Waals surface area contributed by atoms with E-state index in [-0.39, 0.29) is 23.7 Å². The Balaban J connectivity index is 0.00000264. The van der Waals surface area contributed by atoms with Gasteiger partial charge in [0.15, 0.2) is 0 Å². The number of nitrogens with one attached hydrogen (secondary N) is 1. The van der Waals surface area contributed by atoms with Gasteiger partial charge in [0, 0.05) is 30.2 Å². The number of ether oxygens (including phenoxy) is 1. The summed E-state index contributed by atoms with van der Waals surface area (Å²) in [5.41, 5.74) is 7.00. The average Bonchev–Trinajstić information content (AvgIpc) is 2.54. The second kappa shape index (κ2) is 9.48. The fourth-order valence-corrected chi connectivity index (χ4v) is 3.09. The number of amides is 1. The fraction of sp³-hybridized carbons (Fsp3) is 0.588. The van der Waals surface area contributed by atoms with E-state index in [2.05, 4.69) is 5.32 Å². The first-order chi connectivity index (χ1) is 10.6. The quantitative estimate of drug-likeness (QED) is 0.819. The van der Waals surface area contributed by atoms with Crippen molar-refractivity contribution in [2.24, 2.45) is 5.73 Å². The van der Waals surface area contributed by atoms with Crippen LogP contribution in [0.25, 0.3) is 0 Å². The normalized spacial score (nSPS) is 17.9. The Kier molecular flexibility index (Phi) is 8.34. The van der Waals surface area contributed by atoms with E-state index in [1.165, 1.54) is 5.56 Å². The van der Waals surface area contributed by atoms with E-state index >= 15 is 0 Å². The Morgan fingerprint density at radius 3 is 2.52 bits per heavy atom. The van der Waals surface area contributed by atoms with Crippen molar-refractivity contribution in [1.82, 2.24) is 5.32 Å². The van der Waals surface area contributed by atoms with E-state index in [1.807, 2.05) is 31.2 Å². The lowest BCUT2D eigenvalue weighted by Crippen LogP contribution is -2.48. The topological polar surface area (TPSA) is 64.4 Å². The lowest BCUT2D eigenvalue weighted by Gasteiger charge is -2.38. The maximum Gasteiger partial charge on any atom is 0.236 e. The van der Waals surface area contributed by atoms with Crippen molar-refractivity contribution in [3.8, 4) is 0 Å². The molecule has 0 aromatic heterocycles. The summed E-state index contributed by atoms with van der Waals surface area (Å²) in [5.74, 6) is -0.0679. The smallest absolute Gasteiger partial charge is 0.236 e. The zero-order chi connectivity index (χ0) is 16.0. The number of hydrogen-bond donors (Lipinski definition) is 2. The fourth-order valence-electron chi connectivity index (χ4n) is 2.96. The van der Waals surface area contributed by atoms with Crippen molar-refractivity contribution in [1.29, 1.82) is 0 Å². The summed E-state index contributed by atoms with van der Waals surface area (Å²) in [6, 6.07) is 7.47. The summed E-state index contributed by atoms with van der Waals surface area (Å²) in [5, 5.41) is 3.76. The molecule has 4 nitrogen and oxygen atoms in total. The van der Waals surface area contributed by atoms with Crippen molar-refractivity contribution in [2.75, 3.05) is 19.8 Å². The molecule has 1 aromatic carbocycles. The third-order valence-corrected chi connectivity index (χ3v) is 4.70. The third-order valence-electron chi connectivity index (χ3n) is 4.44. The molecule has 0 radical (unpaired) electrons. The van der Waals surface area contributed by atoms with Gasteiger partial charge >= 0.3 is 0 Å². The van der Waals surface area contributed by atoms with Crippen LogP contribution in [0.3, 0.4) is 0 Å². The summed E-state index contributed by atoms with van der Waals surface area (Å²) >= 11 is 5.99. The molecule has 1 fully saturated rings. The molecule has 3 N–H and O–H groups in total. The number of nitrogens with two attached hydrogens (primary N) is 1. The Morgan fingerprint density at radius 1 is 1.35 bits per heavy atom. The van der Waals surface area contributed by atoms with Gasteiger partial charge in [-0.15, -0.1) is 12.4 Å². The van der Waals surface area contributed by atoms with Crippen molar-refractivity contribution in [3.05, 3.63) is 34.9 Å². The van der Waals surface area contributed by atoms with Crippen LogP contribution >= 0.6 is 24.0 Å². The van der Waals surface area contributed by atoms with Crippen LogP contribution in [-0.2, 0) is 14.9 Å². The van der Waals surface area contributed by atoms with Gasteiger partial charge in [0.25, 0.3) is 0 Å². The van der Waals surface area contributed by atoms with Gasteiger partial charge in [-0.2, -0.15) is 0 Å². The van der Waals surface area contributed by atoms with Gasteiger partial charge < -0.3 is 15.8 Å². The molecule has 1 atom stereocenters. The second-order valence-corrected chi connectivity index (χ2v) is 6.45. The first kappa shape index (κ1) is 20.2. The minimum absolute atomic E-state index is 0. The Labute approximate surface area is 149 Å². The van der Waals surface area contributed by atoms with Crippen molar-refractivity contribution < 1.29 is 9.53 Å². The zero-order valence-electron chi connectivity index (χ0n) is 13.5. The molecule has 1 heterocycles. The standard InChI is InChI=1S/C17H25ClN2O2.ClH/c1-2-3-15(19)16(21)20-12-17(8-10-22-11-9-17)13-4-6-14(18)7-5-13;/h4-7,15H,2-3,8-12,19H2,1H3,(H,20,21);1H. The molecule has 1 amide bonds. The number of halogens is 2. The number of benzene rings is 1. The highest BCUT2D eigenvalue weighted by molar-refractivity contribution is 6.30. The highest BCUT2D eigenvalue weighted by Gasteiger charge is 2.35. The molecule has 1 aromatic rings. The predicted molar refractivity (Wildman–Crippen MR) is 96.3 cm³/mol. The van der Waals surface area contributed by atoms with Crippen LogP contribution in [0.1, 0.15) is 38.2 Å². The van der Waals surface area contributed by atoms with Gasteiger partial charge in [-0.1, -0.05) is 37.1 Å². The van der Waals surface area contributed by atoms with Crippen LogP contribution in [0.4, 0.5) is 0 Å². The van der Waals surface area contributed by atoms with E-state index in [1.54, 1.807) is 0 Å². The van der Waals surface area contributed by atoms with Crippen LogP contribution in [0, 0.1) is 0 Å². The van der Waals surface area contributed by atoms with Gasteiger partial charge in [-0.05, 0) is 37.0 Å². The summed E-state index contributed by atoms with van der Waals surface area (Å²) in [6.07, 6.45) is 3.39. The molecule has 6 heteroatoms. The number of carbonyl (C=O) groups is 1. The Hall–Kier alpha value is -0.810. The molecule has 0 saturated carbocycles. The molecular formula is C17H26Cl2N2O2. The second-order valence-electron chi connectivity index (χ2n) is 6.01. The maximum atomic E-state index is 12.1. The SMILES string of the molecule is CCCC(N)C(=O)NCC1(c2ccc(Cl)cc2)CCOCC1.Cl. The molecule has 0 spiro atoms. The molecule has 1 unspecified atom stereocenters. The predicted octanol–water partition coefficient (Wildman–Crippen LogP) is 3.05. The molecule has 23 heavy (non-hydrogen) atoms. The monoisotopic (exact) mass is 360 g/mol. The summed E-state index contributed by atoms with van der Waals surface area (Å²) in [6.45, 7) is 4.04. The number of rotatable bonds is 6. The van der Waals surface area contributed by atoms with Crippen molar-refractivity contribution in [3.63, 3.8) is 0 Å². The van der Waals surface area contributed by atoms with Gasteiger partial charge in [0.1, 0.15) is 0 Å². The summed E-state index contributed by atoms with van der Waals surface area (Å²) in [7, 11) is 0. The number of carbonyl (C=O) groups excluding carboxylic acids is 1. The molecule has 130 valence electrons. The van der Waals surface area contributed by atoms with Crippen LogP contribution in [0.2, 0.25) is 5.02 Å². The summed E-state index contributed by atoms with van der Waals surface area (Å²) < 4.78 is 5.50. The van der Waals surface area contributed by atoms with E-state index in [9.17, 15) is 4.79 Å². The van der Waals surface area contributed by atoms with Crippen LogP contribution in [0.15, 0.2) is 24.3 Å². The molecule has 1 saturated heterocycles. The van der Waals surface area contributed by atoms with E-state index in [4.69, 9.17) is 22.1 Å². The maximum absolute atomic E-state index is 12.1. The average molecular weight is 361 g/mol.